The fourth-order valence-corrected chi connectivity index (χ4v) is 1.22. The summed E-state index contributed by atoms with van der Waals surface area (Å²) in [6, 6.07) is 0. The van der Waals surface area contributed by atoms with Crippen molar-refractivity contribution in [2.24, 2.45) is 11.8 Å². The molecule has 1 N–H and O–H groups in total. The first-order valence-corrected chi connectivity index (χ1v) is 5.44. The Labute approximate surface area is 83.6 Å². The lowest BCUT2D eigenvalue weighted by molar-refractivity contribution is 0.569. The maximum atomic E-state index is 3.45. The van der Waals surface area contributed by atoms with Gasteiger partial charge in [-0.15, -0.1) is 0 Å². The highest BCUT2D eigenvalue weighted by Crippen LogP contribution is 2.05. The van der Waals surface area contributed by atoms with Crippen LogP contribution in [-0.4, -0.2) is 13.1 Å². The number of nitrogens with one attached hydrogen (secondary N) is 1. The predicted molar refractivity (Wildman–Crippen MR) is 60.9 cm³/mol. The van der Waals surface area contributed by atoms with Crippen molar-refractivity contribution in [1.29, 1.82) is 0 Å². The van der Waals surface area contributed by atoms with Crippen LogP contribution in [0.25, 0.3) is 0 Å². The molecule has 1 atom stereocenters. The fraction of sp³-hybridized carbons (Fsp3) is 0.833. The van der Waals surface area contributed by atoms with Gasteiger partial charge in [-0.1, -0.05) is 45.8 Å². The van der Waals surface area contributed by atoms with Crippen LogP contribution in [0.1, 0.15) is 41.0 Å². The molecule has 0 aromatic heterocycles. The Kier molecular flexibility index (Phi) is 6.97. The molecule has 0 aromatic rings. The lowest BCUT2D eigenvalue weighted by atomic mass is 10.1. The van der Waals surface area contributed by atoms with Crippen LogP contribution in [-0.2, 0) is 0 Å². The summed E-state index contributed by atoms with van der Waals surface area (Å²) in [5, 5.41) is 3.45. The lowest BCUT2D eigenvalue weighted by Gasteiger charge is -2.09. The number of hydrogen-bond donors (Lipinski definition) is 1. The van der Waals surface area contributed by atoms with Crippen molar-refractivity contribution in [3.8, 4) is 0 Å². The van der Waals surface area contributed by atoms with Crippen LogP contribution in [0.2, 0.25) is 0 Å². The molecule has 0 aliphatic rings. The smallest absolute Gasteiger partial charge is 0.0162 e. The van der Waals surface area contributed by atoms with E-state index in [0.717, 1.165) is 24.9 Å². The van der Waals surface area contributed by atoms with Crippen LogP contribution in [0.5, 0.6) is 0 Å². The zero-order valence-electron chi connectivity index (χ0n) is 9.85. The van der Waals surface area contributed by atoms with Gasteiger partial charge in [-0.05, 0) is 25.3 Å². The zero-order valence-corrected chi connectivity index (χ0v) is 9.85. The molecule has 1 heteroatoms. The summed E-state index contributed by atoms with van der Waals surface area (Å²) in [6.45, 7) is 13.3. The van der Waals surface area contributed by atoms with Crippen LogP contribution in [0.15, 0.2) is 11.6 Å². The number of allylic oxidation sites excluding steroid dienone is 1. The van der Waals surface area contributed by atoms with Gasteiger partial charge in [0.1, 0.15) is 0 Å². The maximum absolute atomic E-state index is 3.45. The van der Waals surface area contributed by atoms with E-state index < -0.39 is 0 Å². The molecule has 0 rings (SSSR count). The molecule has 0 saturated heterocycles. The van der Waals surface area contributed by atoms with Gasteiger partial charge in [0.2, 0.25) is 0 Å². The number of rotatable bonds is 6. The van der Waals surface area contributed by atoms with Crippen LogP contribution in [0.4, 0.5) is 0 Å². The Morgan fingerprint density at radius 2 is 1.92 bits per heavy atom. The third-order valence-corrected chi connectivity index (χ3v) is 2.17. The second-order valence-electron chi connectivity index (χ2n) is 4.42. The van der Waals surface area contributed by atoms with Gasteiger partial charge >= 0.3 is 0 Å². The third-order valence-electron chi connectivity index (χ3n) is 2.17. The molecule has 78 valence electrons. The van der Waals surface area contributed by atoms with Gasteiger partial charge in [-0.25, -0.2) is 0 Å². The quantitative estimate of drug-likeness (QED) is 0.623. The van der Waals surface area contributed by atoms with Crippen LogP contribution in [0, 0.1) is 11.8 Å². The SMILES string of the molecule is CCC(C)/C=C(/C)CNCC(C)C. The Morgan fingerprint density at radius 3 is 2.38 bits per heavy atom. The molecule has 1 nitrogen and oxygen atoms in total. The van der Waals surface area contributed by atoms with E-state index in [1.54, 1.807) is 0 Å². The minimum absolute atomic E-state index is 0.723. The highest BCUT2D eigenvalue weighted by molar-refractivity contribution is 5.02. The van der Waals surface area contributed by atoms with Gasteiger partial charge in [0.25, 0.3) is 0 Å². The van der Waals surface area contributed by atoms with Gasteiger partial charge < -0.3 is 5.32 Å². The molecule has 0 bridgehead atoms. The molecular weight excluding hydrogens is 158 g/mol. The minimum Gasteiger partial charge on any atom is -0.313 e. The average molecular weight is 183 g/mol. The summed E-state index contributed by atoms with van der Waals surface area (Å²) in [7, 11) is 0. The zero-order chi connectivity index (χ0) is 10.3. The van der Waals surface area contributed by atoms with Gasteiger partial charge in [-0.2, -0.15) is 0 Å². The molecular formula is C12H25N. The van der Waals surface area contributed by atoms with Gasteiger partial charge in [0.05, 0.1) is 0 Å². The van der Waals surface area contributed by atoms with E-state index in [1.165, 1.54) is 12.0 Å². The monoisotopic (exact) mass is 183 g/mol. The largest absolute Gasteiger partial charge is 0.313 e. The van der Waals surface area contributed by atoms with E-state index >= 15 is 0 Å². The van der Waals surface area contributed by atoms with Crippen molar-refractivity contribution >= 4 is 0 Å². The van der Waals surface area contributed by atoms with E-state index in [4.69, 9.17) is 0 Å². The topological polar surface area (TPSA) is 12.0 Å². The van der Waals surface area contributed by atoms with Crippen molar-refractivity contribution in [3.05, 3.63) is 11.6 Å². The normalized spacial score (nSPS) is 15.1. The number of hydrogen-bond acceptors (Lipinski definition) is 1. The Morgan fingerprint density at radius 1 is 1.31 bits per heavy atom. The minimum atomic E-state index is 0.723. The summed E-state index contributed by atoms with van der Waals surface area (Å²) in [5.41, 5.74) is 1.47. The first-order chi connectivity index (χ1) is 6.06. The van der Waals surface area contributed by atoms with Crippen molar-refractivity contribution in [3.63, 3.8) is 0 Å². The molecule has 0 aliphatic carbocycles. The first-order valence-electron chi connectivity index (χ1n) is 5.44. The summed E-state index contributed by atoms with van der Waals surface area (Å²) in [6.07, 6.45) is 3.61. The Hall–Kier alpha value is -0.300. The molecule has 0 amide bonds. The third kappa shape index (κ3) is 8.04. The van der Waals surface area contributed by atoms with Crippen LogP contribution in [0.3, 0.4) is 0 Å². The van der Waals surface area contributed by atoms with Crippen molar-refractivity contribution in [2.75, 3.05) is 13.1 Å². The first kappa shape index (κ1) is 12.7. The maximum Gasteiger partial charge on any atom is 0.0162 e. The summed E-state index contributed by atoms with van der Waals surface area (Å²) in [5.74, 6) is 1.47. The van der Waals surface area contributed by atoms with Crippen molar-refractivity contribution < 1.29 is 0 Å². The van der Waals surface area contributed by atoms with Gasteiger partial charge in [0.15, 0.2) is 0 Å². The summed E-state index contributed by atoms with van der Waals surface area (Å²) < 4.78 is 0. The van der Waals surface area contributed by atoms with E-state index in [2.05, 4.69) is 46.0 Å². The Bertz CT molecular complexity index is 147. The van der Waals surface area contributed by atoms with E-state index in [0.29, 0.717) is 0 Å². The molecule has 0 aliphatic heterocycles. The summed E-state index contributed by atoms with van der Waals surface area (Å²) >= 11 is 0. The van der Waals surface area contributed by atoms with E-state index in [9.17, 15) is 0 Å². The van der Waals surface area contributed by atoms with Crippen LogP contribution < -0.4 is 5.32 Å². The average Bonchev–Trinajstić information content (AvgIpc) is 2.03. The molecule has 0 aromatic carbocycles. The Balaban J connectivity index is 3.60. The molecule has 0 heterocycles. The molecule has 0 spiro atoms. The molecule has 0 fully saturated rings. The molecule has 13 heavy (non-hydrogen) atoms. The summed E-state index contributed by atoms with van der Waals surface area (Å²) in [4.78, 5) is 0. The predicted octanol–water partition coefficient (Wildman–Crippen LogP) is 3.22. The molecule has 0 saturated carbocycles. The second-order valence-corrected chi connectivity index (χ2v) is 4.42. The molecule has 0 radical (unpaired) electrons. The lowest BCUT2D eigenvalue weighted by Crippen LogP contribution is -2.21. The second kappa shape index (κ2) is 7.14. The van der Waals surface area contributed by atoms with Crippen molar-refractivity contribution in [1.82, 2.24) is 5.32 Å². The van der Waals surface area contributed by atoms with Gasteiger partial charge in [0, 0.05) is 6.54 Å². The van der Waals surface area contributed by atoms with Crippen LogP contribution >= 0.6 is 0 Å². The molecule has 1 unspecified atom stereocenters. The van der Waals surface area contributed by atoms with Crippen molar-refractivity contribution in [2.45, 2.75) is 41.0 Å². The highest BCUT2D eigenvalue weighted by Gasteiger charge is 1.96. The van der Waals surface area contributed by atoms with E-state index in [1.807, 2.05) is 0 Å². The van der Waals surface area contributed by atoms with E-state index in [-0.39, 0.29) is 0 Å². The standard InChI is InChI=1S/C12H25N/c1-6-11(4)7-12(5)9-13-8-10(2)3/h7,10-11,13H,6,8-9H2,1-5H3/b12-7-. The van der Waals surface area contributed by atoms with Gasteiger partial charge in [-0.3, -0.25) is 0 Å². The fourth-order valence-electron chi connectivity index (χ4n) is 1.22. The highest BCUT2D eigenvalue weighted by atomic mass is 14.8.